The Hall–Kier alpha value is -3.60. The molecule has 5 heterocycles. The number of aromatic nitrogens is 5. The first-order valence-corrected chi connectivity index (χ1v) is 13.2. The molecule has 2 N–H and O–H groups in total. The summed E-state index contributed by atoms with van der Waals surface area (Å²) in [6, 6.07) is 5.10. The molecule has 10 nitrogen and oxygen atoms in total. The molecule has 0 radical (unpaired) electrons. The van der Waals surface area contributed by atoms with Crippen molar-refractivity contribution in [2.45, 2.75) is 75.3 Å². The Morgan fingerprint density at radius 1 is 1.05 bits per heavy atom. The number of nitrogens with zero attached hydrogens (tertiary/aromatic N) is 6. The van der Waals surface area contributed by atoms with Crippen LogP contribution in [0.4, 0.5) is 10.2 Å². The second-order valence-electron chi connectivity index (χ2n) is 11.3. The maximum Gasteiger partial charge on any atom is 0.278 e. The first kappa shape index (κ1) is 23.5. The maximum absolute atomic E-state index is 15.9. The van der Waals surface area contributed by atoms with Crippen molar-refractivity contribution >= 4 is 5.82 Å². The summed E-state index contributed by atoms with van der Waals surface area (Å²) in [7, 11) is 0. The lowest BCUT2D eigenvalue weighted by Crippen LogP contribution is -2.66. The zero-order valence-corrected chi connectivity index (χ0v) is 21.4. The SMILES string of the molecule is C[C@]12CC[C@](C)(N1)[C@H](F)[C@H](N(c1cnc(-c3ccc(-c4cnc5c(n4)OCCO5)cc3O)nn1)C1CC1)C2. The summed E-state index contributed by atoms with van der Waals surface area (Å²) in [5, 5.41) is 23.2. The smallest absolute Gasteiger partial charge is 0.278 e. The van der Waals surface area contributed by atoms with Crippen LogP contribution in [0.25, 0.3) is 22.6 Å². The van der Waals surface area contributed by atoms with E-state index in [9.17, 15) is 5.11 Å². The number of phenols is 1. The van der Waals surface area contributed by atoms with Gasteiger partial charge in [-0.05, 0) is 58.1 Å². The lowest BCUT2D eigenvalue weighted by Gasteiger charge is -2.48. The van der Waals surface area contributed by atoms with Crippen LogP contribution < -0.4 is 19.7 Å². The molecule has 4 aliphatic rings. The van der Waals surface area contributed by atoms with Crippen molar-refractivity contribution in [3.8, 4) is 40.2 Å². The van der Waals surface area contributed by atoms with Gasteiger partial charge < -0.3 is 24.8 Å². The molecule has 2 bridgehead atoms. The number of benzene rings is 1. The van der Waals surface area contributed by atoms with Crippen molar-refractivity contribution in [3.63, 3.8) is 0 Å². The number of ether oxygens (including phenoxy) is 2. The van der Waals surface area contributed by atoms with Crippen LogP contribution in [0, 0.1) is 0 Å². The van der Waals surface area contributed by atoms with Gasteiger partial charge in [-0.1, -0.05) is 6.07 Å². The lowest BCUT2D eigenvalue weighted by molar-refractivity contribution is 0.0831. The van der Waals surface area contributed by atoms with E-state index in [1.54, 1.807) is 24.5 Å². The fourth-order valence-electron chi connectivity index (χ4n) is 6.28. The highest BCUT2D eigenvalue weighted by Gasteiger charge is 2.58. The zero-order valence-electron chi connectivity index (χ0n) is 21.4. The molecule has 3 fully saturated rings. The Bertz CT molecular complexity index is 1390. The van der Waals surface area contributed by atoms with Gasteiger partial charge in [-0.2, -0.15) is 0 Å². The second-order valence-corrected chi connectivity index (χ2v) is 11.3. The van der Waals surface area contributed by atoms with Gasteiger partial charge >= 0.3 is 0 Å². The van der Waals surface area contributed by atoms with E-state index in [4.69, 9.17) is 9.47 Å². The predicted octanol–water partition coefficient (Wildman–Crippen LogP) is 3.45. The molecule has 38 heavy (non-hydrogen) atoms. The third kappa shape index (κ3) is 3.91. The third-order valence-corrected chi connectivity index (χ3v) is 8.31. The van der Waals surface area contributed by atoms with E-state index in [-0.39, 0.29) is 23.4 Å². The van der Waals surface area contributed by atoms with Crippen LogP contribution in [-0.2, 0) is 0 Å². The number of halogens is 1. The van der Waals surface area contributed by atoms with Gasteiger partial charge in [0.15, 0.2) is 11.6 Å². The minimum Gasteiger partial charge on any atom is -0.507 e. The molecular formula is C27H30FN7O3. The molecule has 7 rings (SSSR count). The fraction of sp³-hybridized carbons (Fsp3) is 0.519. The molecule has 0 unspecified atom stereocenters. The minimum absolute atomic E-state index is 0.00705. The van der Waals surface area contributed by atoms with Gasteiger partial charge in [-0.15, -0.1) is 10.2 Å². The number of hydrogen-bond acceptors (Lipinski definition) is 10. The van der Waals surface area contributed by atoms with Crippen LogP contribution in [-0.4, -0.2) is 72.8 Å². The summed E-state index contributed by atoms with van der Waals surface area (Å²) in [6.07, 6.45) is 6.76. The van der Waals surface area contributed by atoms with E-state index in [0.29, 0.717) is 59.9 Å². The highest BCUT2D eigenvalue weighted by Crippen LogP contribution is 2.48. The third-order valence-electron chi connectivity index (χ3n) is 8.31. The Morgan fingerprint density at radius 3 is 2.61 bits per heavy atom. The lowest BCUT2D eigenvalue weighted by atomic mass is 9.82. The molecule has 2 aromatic heterocycles. The Balaban J connectivity index is 1.15. The van der Waals surface area contributed by atoms with Gasteiger partial charge in [0.25, 0.3) is 11.8 Å². The molecule has 1 saturated carbocycles. The molecule has 0 spiro atoms. The fourth-order valence-corrected chi connectivity index (χ4v) is 6.28. The quantitative estimate of drug-likeness (QED) is 0.519. The number of fused-ring (bicyclic) bond motifs is 3. The Kier molecular flexibility index (Phi) is 5.23. The zero-order chi connectivity index (χ0) is 26.1. The molecule has 1 aromatic carbocycles. The molecule has 2 saturated heterocycles. The van der Waals surface area contributed by atoms with E-state index in [1.807, 2.05) is 13.0 Å². The monoisotopic (exact) mass is 519 g/mol. The van der Waals surface area contributed by atoms with Gasteiger partial charge in [0.1, 0.15) is 25.1 Å². The Morgan fingerprint density at radius 2 is 1.87 bits per heavy atom. The molecular weight excluding hydrogens is 489 g/mol. The largest absolute Gasteiger partial charge is 0.507 e. The highest BCUT2D eigenvalue weighted by atomic mass is 19.1. The Labute approximate surface area is 219 Å². The first-order valence-electron chi connectivity index (χ1n) is 13.2. The number of rotatable bonds is 5. The van der Waals surface area contributed by atoms with Crippen LogP contribution in [0.5, 0.6) is 17.5 Å². The number of phenolic OH excluding ortho intramolecular Hbond substituents is 1. The minimum atomic E-state index is -1.01. The van der Waals surface area contributed by atoms with E-state index in [1.165, 1.54) is 0 Å². The predicted molar refractivity (Wildman–Crippen MR) is 137 cm³/mol. The molecule has 3 aromatic rings. The number of alkyl halides is 1. The van der Waals surface area contributed by atoms with E-state index >= 15 is 4.39 Å². The molecule has 3 aliphatic heterocycles. The van der Waals surface area contributed by atoms with E-state index < -0.39 is 11.7 Å². The molecule has 198 valence electrons. The van der Waals surface area contributed by atoms with E-state index in [2.05, 4.69) is 42.3 Å². The second kappa shape index (κ2) is 8.45. The summed E-state index contributed by atoms with van der Waals surface area (Å²) in [5.41, 5.74) is 1.05. The van der Waals surface area contributed by atoms with Crippen molar-refractivity contribution in [3.05, 3.63) is 30.6 Å². The van der Waals surface area contributed by atoms with Crippen molar-refractivity contribution in [1.82, 2.24) is 30.5 Å². The average Bonchev–Trinajstić information content (AvgIpc) is 3.72. The van der Waals surface area contributed by atoms with Gasteiger partial charge in [-0.25, -0.2) is 19.3 Å². The summed E-state index contributed by atoms with van der Waals surface area (Å²) >= 11 is 0. The number of nitrogens with one attached hydrogen (secondary N) is 1. The van der Waals surface area contributed by atoms with Crippen molar-refractivity contribution in [2.24, 2.45) is 0 Å². The van der Waals surface area contributed by atoms with Gasteiger partial charge in [0, 0.05) is 22.7 Å². The topological polar surface area (TPSA) is 118 Å². The summed E-state index contributed by atoms with van der Waals surface area (Å²) in [4.78, 5) is 15.3. The van der Waals surface area contributed by atoms with Crippen LogP contribution in [0.15, 0.2) is 30.6 Å². The van der Waals surface area contributed by atoms with Crippen LogP contribution in [0.3, 0.4) is 0 Å². The van der Waals surface area contributed by atoms with Crippen LogP contribution in [0.1, 0.15) is 46.0 Å². The van der Waals surface area contributed by atoms with Crippen molar-refractivity contribution in [1.29, 1.82) is 0 Å². The molecule has 0 amide bonds. The van der Waals surface area contributed by atoms with Crippen molar-refractivity contribution in [2.75, 3.05) is 18.1 Å². The summed E-state index contributed by atoms with van der Waals surface area (Å²) < 4.78 is 26.8. The van der Waals surface area contributed by atoms with Gasteiger partial charge in [-0.3, -0.25) is 0 Å². The maximum atomic E-state index is 15.9. The van der Waals surface area contributed by atoms with Gasteiger partial charge in [0.2, 0.25) is 0 Å². The first-order chi connectivity index (χ1) is 18.3. The molecule has 11 heteroatoms. The standard InChI is InChI=1S/C27H30FN7O3/c1-26-7-8-27(2,34-26)22(28)19(12-26)35(16-4-5-16)21-14-29-23(33-32-21)17-6-3-15(11-20(17)36)18-13-30-24-25(31-18)38-10-9-37-24/h3,6,11,13-14,16,19,22,34,36H,4-5,7-10,12H2,1-2H3/t19-,22-,26-,27+/m1/s1. The van der Waals surface area contributed by atoms with E-state index in [0.717, 1.165) is 25.7 Å². The van der Waals surface area contributed by atoms with Gasteiger partial charge in [0.05, 0.1) is 29.7 Å². The van der Waals surface area contributed by atoms with Crippen LogP contribution in [0.2, 0.25) is 0 Å². The highest BCUT2D eigenvalue weighted by molar-refractivity contribution is 5.71. The summed E-state index contributed by atoms with van der Waals surface area (Å²) in [6.45, 7) is 5.04. The van der Waals surface area contributed by atoms with Crippen molar-refractivity contribution < 1.29 is 19.0 Å². The normalized spacial score (nSPS) is 29.8. The number of piperidine rings is 1. The molecule has 1 aliphatic carbocycles. The molecule has 4 atom stereocenters. The number of anilines is 1. The number of aromatic hydroxyl groups is 1. The van der Waals surface area contributed by atoms with Crippen LogP contribution >= 0.6 is 0 Å². The summed E-state index contributed by atoms with van der Waals surface area (Å²) in [5.74, 6) is 1.57. The number of hydrogen-bond donors (Lipinski definition) is 2. The average molecular weight is 520 g/mol.